The van der Waals surface area contributed by atoms with Crippen LogP contribution in [0.25, 0.3) is 11.0 Å². The molecule has 0 saturated heterocycles. The summed E-state index contributed by atoms with van der Waals surface area (Å²) >= 11 is 0. The van der Waals surface area contributed by atoms with E-state index in [0.717, 1.165) is 47.8 Å². The molecular formula is C19H20FN3O. The molecule has 1 aliphatic rings. The average molecular weight is 325 g/mol. The van der Waals surface area contributed by atoms with Crippen molar-refractivity contribution in [3.05, 3.63) is 59.4 Å². The summed E-state index contributed by atoms with van der Waals surface area (Å²) in [5.41, 5.74) is 1.88. The Balaban J connectivity index is 1.86. The Hall–Kier alpha value is -2.27. The van der Waals surface area contributed by atoms with Crippen LogP contribution in [0.2, 0.25) is 0 Å². The summed E-state index contributed by atoms with van der Waals surface area (Å²) < 4.78 is 13.4. The van der Waals surface area contributed by atoms with Crippen LogP contribution in [0.5, 0.6) is 0 Å². The summed E-state index contributed by atoms with van der Waals surface area (Å²) in [6.07, 6.45) is 5.36. The Morgan fingerprint density at radius 2 is 1.58 bits per heavy atom. The molecule has 2 aromatic carbocycles. The van der Waals surface area contributed by atoms with Crippen molar-refractivity contribution in [2.24, 2.45) is 5.92 Å². The highest BCUT2D eigenvalue weighted by Gasteiger charge is 2.40. The van der Waals surface area contributed by atoms with E-state index in [2.05, 4.69) is 15.4 Å². The fourth-order valence-electron chi connectivity index (χ4n) is 3.94. The minimum absolute atomic E-state index is 0.112. The zero-order valence-corrected chi connectivity index (χ0v) is 13.4. The van der Waals surface area contributed by atoms with Gasteiger partial charge in [0.2, 0.25) is 0 Å². The molecule has 1 aliphatic carbocycles. The van der Waals surface area contributed by atoms with Gasteiger partial charge in [0, 0.05) is 0 Å². The molecule has 5 heteroatoms. The number of rotatable bonds is 3. The molecule has 0 bridgehead atoms. The number of benzene rings is 2. The van der Waals surface area contributed by atoms with Crippen molar-refractivity contribution in [3.8, 4) is 0 Å². The van der Waals surface area contributed by atoms with Gasteiger partial charge in [0.1, 0.15) is 22.5 Å². The third-order valence-corrected chi connectivity index (χ3v) is 5.24. The lowest BCUT2D eigenvalue weighted by molar-refractivity contribution is -0.000664. The molecule has 2 N–H and O–H groups in total. The summed E-state index contributed by atoms with van der Waals surface area (Å²) in [6.45, 7) is 0. The van der Waals surface area contributed by atoms with E-state index >= 15 is 0 Å². The lowest BCUT2D eigenvalue weighted by Crippen LogP contribution is -2.37. The summed E-state index contributed by atoms with van der Waals surface area (Å²) in [6, 6.07) is 11.9. The number of fused-ring (bicyclic) bond motifs is 1. The fraction of sp³-hybridized carbons (Fsp3) is 0.368. The van der Waals surface area contributed by atoms with Crippen LogP contribution in [0.4, 0.5) is 4.39 Å². The van der Waals surface area contributed by atoms with Crippen LogP contribution in [0, 0.1) is 11.7 Å². The van der Waals surface area contributed by atoms with Crippen LogP contribution in [-0.4, -0.2) is 20.5 Å². The third kappa shape index (κ3) is 2.49. The fourth-order valence-corrected chi connectivity index (χ4v) is 3.94. The first-order chi connectivity index (χ1) is 11.7. The lowest BCUT2D eigenvalue weighted by Gasteiger charge is -2.39. The van der Waals surface area contributed by atoms with Crippen molar-refractivity contribution in [2.75, 3.05) is 0 Å². The smallest absolute Gasteiger partial charge is 0.123 e. The first kappa shape index (κ1) is 15.3. The highest BCUT2D eigenvalue weighted by molar-refractivity contribution is 5.74. The molecular weight excluding hydrogens is 305 g/mol. The average Bonchev–Trinajstić information content (AvgIpc) is 3.10. The molecule has 4 nitrogen and oxygen atoms in total. The molecule has 3 aromatic rings. The number of aliphatic hydroxyl groups is 1. The number of hydrogen-bond acceptors (Lipinski definition) is 3. The number of aromatic amines is 1. The highest BCUT2D eigenvalue weighted by Crippen LogP contribution is 2.44. The van der Waals surface area contributed by atoms with Crippen LogP contribution in [0.1, 0.15) is 43.2 Å². The monoisotopic (exact) mass is 325 g/mol. The van der Waals surface area contributed by atoms with Gasteiger partial charge in [-0.25, -0.2) is 4.39 Å². The molecule has 124 valence electrons. The summed E-state index contributed by atoms with van der Waals surface area (Å²) in [4.78, 5) is 0. The van der Waals surface area contributed by atoms with Crippen molar-refractivity contribution in [2.45, 2.75) is 37.7 Å². The van der Waals surface area contributed by atoms with Crippen molar-refractivity contribution >= 4 is 11.0 Å². The van der Waals surface area contributed by atoms with Crippen LogP contribution < -0.4 is 0 Å². The number of H-pyrrole nitrogens is 1. The zero-order valence-electron chi connectivity index (χ0n) is 13.4. The van der Waals surface area contributed by atoms with Gasteiger partial charge in [-0.2, -0.15) is 15.4 Å². The number of nitrogens with one attached hydrogen (secondary N) is 1. The Bertz CT molecular complexity index is 839. The maximum Gasteiger partial charge on any atom is 0.123 e. The lowest BCUT2D eigenvalue weighted by atomic mass is 9.70. The number of halogens is 1. The molecule has 0 aliphatic heterocycles. The van der Waals surface area contributed by atoms with Crippen LogP contribution >= 0.6 is 0 Å². The predicted octanol–water partition coefficient (Wildman–Crippen LogP) is 3.91. The highest BCUT2D eigenvalue weighted by atomic mass is 19.1. The van der Waals surface area contributed by atoms with Crippen molar-refractivity contribution in [1.29, 1.82) is 0 Å². The van der Waals surface area contributed by atoms with Gasteiger partial charge >= 0.3 is 0 Å². The van der Waals surface area contributed by atoms with Crippen molar-refractivity contribution < 1.29 is 9.50 Å². The van der Waals surface area contributed by atoms with Gasteiger partial charge in [-0.3, -0.25) is 0 Å². The number of hydrogen-bond donors (Lipinski definition) is 2. The molecule has 1 fully saturated rings. The second-order valence-corrected chi connectivity index (χ2v) is 6.64. The normalized spacial score (nSPS) is 18.6. The quantitative estimate of drug-likeness (QED) is 0.767. The standard InChI is InChI=1S/C19H20FN3O/c20-16-9-6-14(7-10-16)19(24,13-4-2-1-3-5-13)15-8-11-17-18(12-15)22-23-21-17/h6-13,24H,1-5H2,(H,21,22,23). The van der Waals surface area contributed by atoms with E-state index in [9.17, 15) is 9.50 Å². The van der Waals surface area contributed by atoms with Gasteiger partial charge in [0.25, 0.3) is 0 Å². The second-order valence-electron chi connectivity index (χ2n) is 6.64. The molecule has 1 aromatic heterocycles. The molecule has 0 spiro atoms. The van der Waals surface area contributed by atoms with E-state index in [4.69, 9.17) is 0 Å². The first-order valence-electron chi connectivity index (χ1n) is 8.47. The Morgan fingerprint density at radius 3 is 2.33 bits per heavy atom. The van der Waals surface area contributed by atoms with E-state index in [-0.39, 0.29) is 11.7 Å². The van der Waals surface area contributed by atoms with E-state index in [0.29, 0.717) is 0 Å². The van der Waals surface area contributed by atoms with Gasteiger partial charge in [-0.15, -0.1) is 0 Å². The van der Waals surface area contributed by atoms with Crippen LogP contribution in [0.3, 0.4) is 0 Å². The van der Waals surface area contributed by atoms with Gasteiger partial charge in [0.05, 0.1) is 0 Å². The Kier molecular flexibility index (Phi) is 3.81. The van der Waals surface area contributed by atoms with Crippen LogP contribution in [0.15, 0.2) is 42.5 Å². The molecule has 1 unspecified atom stereocenters. The topological polar surface area (TPSA) is 61.8 Å². The van der Waals surface area contributed by atoms with E-state index < -0.39 is 5.60 Å². The summed E-state index contributed by atoms with van der Waals surface area (Å²) in [5.74, 6) is -0.183. The second kappa shape index (κ2) is 5.98. The molecule has 1 saturated carbocycles. The van der Waals surface area contributed by atoms with Gasteiger partial charge in [0.15, 0.2) is 0 Å². The van der Waals surface area contributed by atoms with Gasteiger partial charge in [-0.1, -0.05) is 37.5 Å². The molecule has 0 radical (unpaired) electrons. The molecule has 0 amide bonds. The van der Waals surface area contributed by atoms with Crippen molar-refractivity contribution in [3.63, 3.8) is 0 Å². The summed E-state index contributed by atoms with van der Waals surface area (Å²) in [5, 5.41) is 22.6. The SMILES string of the molecule is OC(c1ccc(F)cc1)(c1ccc2n[nH]nc2c1)C1CCCCC1. The van der Waals surface area contributed by atoms with Gasteiger partial charge < -0.3 is 5.11 Å². The molecule has 24 heavy (non-hydrogen) atoms. The Morgan fingerprint density at radius 1 is 0.917 bits per heavy atom. The van der Waals surface area contributed by atoms with E-state index in [1.165, 1.54) is 18.6 Å². The predicted molar refractivity (Wildman–Crippen MR) is 89.9 cm³/mol. The summed E-state index contributed by atoms with van der Waals surface area (Å²) in [7, 11) is 0. The maximum atomic E-state index is 13.4. The first-order valence-corrected chi connectivity index (χ1v) is 8.47. The maximum absolute atomic E-state index is 13.4. The molecule has 1 atom stereocenters. The largest absolute Gasteiger partial charge is 0.380 e. The molecule has 1 heterocycles. The zero-order chi connectivity index (χ0) is 16.6. The third-order valence-electron chi connectivity index (χ3n) is 5.24. The van der Waals surface area contributed by atoms with Gasteiger partial charge in [-0.05, 0) is 54.2 Å². The minimum Gasteiger partial charge on any atom is -0.380 e. The van der Waals surface area contributed by atoms with Crippen LogP contribution in [-0.2, 0) is 5.60 Å². The minimum atomic E-state index is -1.14. The van der Waals surface area contributed by atoms with Crippen molar-refractivity contribution in [1.82, 2.24) is 15.4 Å². The number of nitrogens with zero attached hydrogens (tertiary/aromatic N) is 2. The molecule has 4 rings (SSSR count). The number of aromatic nitrogens is 3. The van der Waals surface area contributed by atoms with E-state index in [1.54, 1.807) is 12.1 Å². The van der Waals surface area contributed by atoms with E-state index in [1.807, 2.05) is 18.2 Å². The Labute approximate surface area is 139 Å².